The Labute approximate surface area is 96.4 Å². The van der Waals surface area contributed by atoms with Crippen molar-refractivity contribution in [1.82, 2.24) is 0 Å². The molecule has 0 aliphatic heterocycles. The van der Waals surface area contributed by atoms with E-state index in [4.69, 9.17) is 0 Å². The quantitative estimate of drug-likeness (QED) is 0.758. The Morgan fingerprint density at radius 3 is 2.00 bits per heavy atom. The minimum absolute atomic E-state index is 0.313. The molecule has 2 aromatic carbocycles. The molecule has 0 aromatic heterocycles. The Hall–Kier alpha value is -1.76. The normalized spacial score (nSPS) is 10.4. The van der Waals surface area contributed by atoms with Gasteiger partial charge < -0.3 is 5.11 Å². The lowest BCUT2D eigenvalue weighted by atomic mass is 9.96. The Bertz CT molecular complexity index is 504. The van der Waals surface area contributed by atoms with Gasteiger partial charge in [0.1, 0.15) is 5.75 Å². The molecule has 0 atom stereocenters. The van der Waals surface area contributed by atoms with Crippen LogP contribution in [0.2, 0.25) is 0 Å². The molecule has 0 amide bonds. The van der Waals surface area contributed by atoms with Crippen molar-refractivity contribution in [3.05, 3.63) is 53.1 Å². The lowest BCUT2D eigenvalue weighted by Crippen LogP contribution is -1.88. The van der Waals surface area contributed by atoms with Gasteiger partial charge in [-0.05, 0) is 60.7 Å². The van der Waals surface area contributed by atoms with Gasteiger partial charge in [0.05, 0.1) is 0 Å². The summed E-state index contributed by atoms with van der Waals surface area (Å²) >= 11 is 0. The van der Waals surface area contributed by atoms with Crippen molar-refractivity contribution in [3.63, 3.8) is 0 Å². The van der Waals surface area contributed by atoms with E-state index in [0.717, 1.165) is 11.1 Å². The summed E-state index contributed by atoms with van der Waals surface area (Å²) in [6, 6.07) is 11.7. The van der Waals surface area contributed by atoms with Crippen molar-refractivity contribution in [2.45, 2.75) is 20.8 Å². The predicted molar refractivity (Wildman–Crippen MR) is 67.8 cm³/mol. The first kappa shape index (κ1) is 10.7. The van der Waals surface area contributed by atoms with Gasteiger partial charge in [-0.1, -0.05) is 24.3 Å². The maximum absolute atomic E-state index is 9.47. The highest BCUT2D eigenvalue weighted by Gasteiger charge is 2.03. The van der Waals surface area contributed by atoms with Crippen LogP contribution in [0.25, 0.3) is 11.1 Å². The van der Waals surface area contributed by atoms with Crippen LogP contribution < -0.4 is 0 Å². The number of phenolic OH excluding ortho intramolecular Hbond substituents is 1. The van der Waals surface area contributed by atoms with Crippen LogP contribution in [0.15, 0.2) is 36.4 Å². The van der Waals surface area contributed by atoms with Crippen molar-refractivity contribution in [2.24, 2.45) is 0 Å². The van der Waals surface area contributed by atoms with Crippen LogP contribution in [0.3, 0.4) is 0 Å². The van der Waals surface area contributed by atoms with Gasteiger partial charge in [0.25, 0.3) is 0 Å². The molecule has 1 nitrogen and oxygen atoms in total. The third kappa shape index (κ3) is 1.94. The van der Waals surface area contributed by atoms with E-state index in [2.05, 4.69) is 32.9 Å². The molecule has 0 saturated carbocycles. The molecule has 82 valence electrons. The number of hydrogen-bond donors (Lipinski definition) is 1. The van der Waals surface area contributed by atoms with Crippen LogP contribution in [0.1, 0.15) is 16.7 Å². The molecule has 1 heteroatoms. The van der Waals surface area contributed by atoms with Gasteiger partial charge >= 0.3 is 0 Å². The topological polar surface area (TPSA) is 20.2 Å². The predicted octanol–water partition coefficient (Wildman–Crippen LogP) is 3.98. The third-order valence-corrected chi connectivity index (χ3v) is 3.11. The standard InChI is InChI=1S/C15H16O/c1-10-7-14(8-11(2)12(10)3)13-5-4-6-15(16)9-13/h4-9,16H,1-3H3. The van der Waals surface area contributed by atoms with Gasteiger partial charge in [-0.2, -0.15) is 0 Å². The SMILES string of the molecule is Cc1cc(-c2cccc(O)c2)cc(C)c1C. The number of aromatic hydroxyl groups is 1. The molecular weight excluding hydrogens is 196 g/mol. The van der Waals surface area contributed by atoms with Crippen molar-refractivity contribution < 1.29 is 5.11 Å². The first-order chi connectivity index (χ1) is 7.58. The average molecular weight is 212 g/mol. The van der Waals surface area contributed by atoms with E-state index in [1.54, 1.807) is 12.1 Å². The van der Waals surface area contributed by atoms with E-state index in [1.807, 2.05) is 12.1 Å². The van der Waals surface area contributed by atoms with Crippen molar-refractivity contribution in [1.29, 1.82) is 0 Å². The Morgan fingerprint density at radius 1 is 0.812 bits per heavy atom. The van der Waals surface area contributed by atoms with Gasteiger partial charge in [0.15, 0.2) is 0 Å². The minimum atomic E-state index is 0.313. The number of rotatable bonds is 1. The summed E-state index contributed by atoms with van der Waals surface area (Å²) in [6.07, 6.45) is 0. The first-order valence-electron chi connectivity index (χ1n) is 5.45. The van der Waals surface area contributed by atoms with Gasteiger partial charge in [0, 0.05) is 0 Å². The van der Waals surface area contributed by atoms with E-state index >= 15 is 0 Å². The maximum Gasteiger partial charge on any atom is 0.116 e. The molecule has 16 heavy (non-hydrogen) atoms. The minimum Gasteiger partial charge on any atom is -0.508 e. The highest BCUT2D eigenvalue weighted by Crippen LogP contribution is 2.26. The largest absolute Gasteiger partial charge is 0.508 e. The van der Waals surface area contributed by atoms with E-state index < -0.39 is 0 Å². The molecule has 0 heterocycles. The summed E-state index contributed by atoms with van der Waals surface area (Å²) in [5, 5.41) is 9.47. The second-order valence-corrected chi connectivity index (χ2v) is 4.29. The zero-order valence-corrected chi connectivity index (χ0v) is 9.91. The monoisotopic (exact) mass is 212 g/mol. The fourth-order valence-corrected chi connectivity index (χ4v) is 1.89. The molecule has 2 rings (SSSR count). The lowest BCUT2D eigenvalue weighted by Gasteiger charge is -2.09. The zero-order chi connectivity index (χ0) is 11.7. The zero-order valence-electron chi connectivity index (χ0n) is 9.91. The Balaban J connectivity index is 2.57. The number of hydrogen-bond acceptors (Lipinski definition) is 1. The Kier molecular flexibility index (Phi) is 2.69. The molecule has 0 aliphatic rings. The highest BCUT2D eigenvalue weighted by atomic mass is 16.3. The molecule has 0 bridgehead atoms. The summed E-state index contributed by atoms with van der Waals surface area (Å²) < 4.78 is 0. The van der Waals surface area contributed by atoms with Crippen molar-refractivity contribution >= 4 is 0 Å². The molecule has 0 spiro atoms. The average Bonchev–Trinajstić information content (AvgIpc) is 2.25. The number of aryl methyl sites for hydroxylation is 2. The summed E-state index contributed by atoms with van der Waals surface area (Å²) in [7, 11) is 0. The van der Waals surface area contributed by atoms with Crippen molar-refractivity contribution in [3.8, 4) is 16.9 Å². The van der Waals surface area contributed by atoms with Crippen LogP contribution in [-0.2, 0) is 0 Å². The van der Waals surface area contributed by atoms with Crippen LogP contribution in [0, 0.1) is 20.8 Å². The molecule has 1 N–H and O–H groups in total. The van der Waals surface area contributed by atoms with Gasteiger partial charge in [-0.3, -0.25) is 0 Å². The van der Waals surface area contributed by atoms with E-state index in [1.165, 1.54) is 16.7 Å². The molecule has 0 unspecified atom stereocenters. The summed E-state index contributed by atoms with van der Waals surface area (Å²) in [5.74, 6) is 0.313. The van der Waals surface area contributed by atoms with Crippen LogP contribution in [0.5, 0.6) is 5.75 Å². The molecule has 0 aliphatic carbocycles. The van der Waals surface area contributed by atoms with Crippen LogP contribution >= 0.6 is 0 Å². The van der Waals surface area contributed by atoms with Crippen molar-refractivity contribution in [2.75, 3.05) is 0 Å². The smallest absolute Gasteiger partial charge is 0.116 e. The van der Waals surface area contributed by atoms with Gasteiger partial charge in [-0.15, -0.1) is 0 Å². The highest BCUT2D eigenvalue weighted by molar-refractivity contribution is 5.67. The van der Waals surface area contributed by atoms with Gasteiger partial charge in [0.2, 0.25) is 0 Å². The maximum atomic E-state index is 9.47. The molecule has 0 fully saturated rings. The van der Waals surface area contributed by atoms with Crippen LogP contribution in [0.4, 0.5) is 0 Å². The molecule has 0 saturated heterocycles. The second kappa shape index (κ2) is 4.01. The number of benzene rings is 2. The van der Waals surface area contributed by atoms with E-state index in [-0.39, 0.29) is 0 Å². The molecule has 0 radical (unpaired) electrons. The summed E-state index contributed by atoms with van der Waals surface area (Å²) in [6.45, 7) is 6.38. The fourth-order valence-electron chi connectivity index (χ4n) is 1.89. The summed E-state index contributed by atoms with van der Waals surface area (Å²) in [5.41, 5.74) is 6.14. The third-order valence-electron chi connectivity index (χ3n) is 3.11. The summed E-state index contributed by atoms with van der Waals surface area (Å²) in [4.78, 5) is 0. The Morgan fingerprint density at radius 2 is 1.44 bits per heavy atom. The van der Waals surface area contributed by atoms with Gasteiger partial charge in [-0.25, -0.2) is 0 Å². The second-order valence-electron chi connectivity index (χ2n) is 4.29. The van der Waals surface area contributed by atoms with E-state index in [9.17, 15) is 5.11 Å². The lowest BCUT2D eigenvalue weighted by molar-refractivity contribution is 0.475. The molecule has 2 aromatic rings. The first-order valence-corrected chi connectivity index (χ1v) is 5.45. The number of phenols is 1. The fraction of sp³-hybridized carbons (Fsp3) is 0.200. The van der Waals surface area contributed by atoms with E-state index in [0.29, 0.717) is 5.75 Å². The van der Waals surface area contributed by atoms with Crippen LogP contribution in [-0.4, -0.2) is 5.11 Å². The molecular formula is C15H16O.